The lowest BCUT2D eigenvalue weighted by molar-refractivity contribution is -0.120. The third-order valence-electron chi connectivity index (χ3n) is 4.95. The summed E-state index contributed by atoms with van der Waals surface area (Å²) in [7, 11) is 3.27. The van der Waals surface area contributed by atoms with Gasteiger partial charge in [-0.1, -0.05) is 18.9 Å². The molecule has 1 aromatic carbocycles. The first kappa shape index (κ1) is 25.7. The highest BCUT2D eigenvalue weighted by molar-refractivity contribution is 7.03. The van der Waals surface area contributed by atoms with Crippen LogP contribution in [0.5, 0.6) is 0 Å². The van der Waals surface area contributed by atoms with Gasteiger partial charge in [0, 0.05) is 55.3 Å². The average Bonchev–Trinajstić information content (AvgIpc) is 3.54. The van der Waals surface area contributed by atoms with Crippen LogP contribution in [0.4, 0.5) is 5.69 Å². The van der Waals surface area contributed by atoms with Crippen molar-refractivity contribution in [3.8, 4) is 11.3 Å². The molecule has 2 amide bonds. The van der Waals surface area contributed by atoms with Crippen LogP contribution in [0.15, 0.2) is 36.0 Å². The van der Waals surface area contributed by atoms with Gasteiger partial charge in [0.15, 0.2) is 0 Å². The molecule has 0 bridgehead atoms. The minimum atomic E-state index is -0.0799. The second kappa shape index (κ2) is 13.8. The van der Waals surface area contributed by atoms with Gasteiger partial charge in [-0.25, -0.2) is 9.36 Å². The van der Waals surface area contributed by atoms with E-state index in [-0.39, 0.29) is 11.8 Å². The Morgan fingerprint density at radius 1 is 1.15 bits per heavy atom. The fourth-order valence-corrected chi connectivity index (χ4v) is 3.54. The van der Waals surface area contributed by atoms with E-state index in [2.05, 4.69) is 25.0 Å². The lowest BCUT2D eigenvalue weighted by Gasteiger charge is -2.03. The van der Waals surface area contributed by atoms with Crippen LogP contribution in [0.25, 0.3) is 11.3 Å². The fourth-order valence-electron chi connectivity index (χ4n) is 3.02. The average molecular weight is 470 g/mol. The number of nitrogens with zero attached hydrogens (tertiary/aromatic N) is 2. The molecule has 176 valence electrons. The number of H-pyrrole nitrogens is 1. The molecule has 3 aromatic rings. The molecule has 0 fully saturated rings. The van der Waals surface area contributed by atoms with Gasteiger partial charge in [0.1, 0.15) is 5.82 Å². The summed E-state index contributed by atoms with van der Waals surface area (Å²) >= 11 is 1.27. The van der Waals surface area contributed by atoms with E-state index in [9.17, 15) is 9.59 Å². The number of anilines is 1. The molecular weight excluding hydrogens is 438 g/mol. The molecule has 2 aromatic heterocycles. The number of rotatable bonds is 10. The summed E-state index contributed by atoms with van der Waals surface area (Å²) in [6, 6.07) is 5.62. The van der Waals surface area contributed by atoms with Gasteiger partial charge in [-0.15, -0.1) is 0 Å². The van der Waals surface area contributed by atoms with Crippen molar-refractivity contribution >= 4 is 35.2 Å². The topological polar surface area (TPSA) is 150 Å². The highest BCUT2D eigenvalue weighted by atomic mass is 32.1. The highest BCUT2D eigenvalue weighted by Crippen LogP contribution is 2.22. The van der Waals surface area contributed by atoms with Crippen LogP contribution >= 0.6 is 11.5 Å². The van der Waals surface area contributed by atoms with Gasteiger partial charge >= 0.3 is 0 Å². The number of nitrogen functional groups attached to an aromatic ring is 1. The SMILES string of the molecule is CNC(=O)CCCCCCc1ncc(-c2ccc(N)c(C=N)c2)[nH]1.CNC(=O)c1cnsc1. The zero-order chi connectivity index (χ0) is 24.1. The lowest BCUT2D eigenvalue weighted by atomic mass is 10.1. The van der Waals surface area contributed by atoms with Gasteiger partial charge in [-0.05, 0) is 36.5 Å². The molecule has 9 nitrogen and oxygen atoms in total. The Bertz CT molecular complexity index is 1030. The summed E-state index contributed by atoms with van der Waals surface area (Å²) in [6.45, 7) is 0. The van der Waals surface area contributed by atoms with E-state index in [0.29, 0.717) is 23.2 Å². The van der Waals surface area contributed by atoms with Gasteiger partial charge in [-0.2, -0.15) is 0 Å². The maximum Gasteiger partial charge on any atom is 0.253 e. The molecule has 3 rings (SSSR count). The first-order valence-corrected chi connectivity index (χ1v) is 11.6. The standard InChI is InChI=1S/C18H25N5O.C5H6N2OS/c1-21-18(24)7-5-3-2-4-6-17-22-12-16(23-17)13-8-9-15(20)14(10-13)11-19;1-6-5(8)4-2-7-9-3-4/h8-12,19H,2-7,20H2,1H3,(H,21,24)(H,22,23);2-3H,1H3,(H,6,8). The number of hydrogen-bond acceptors (Lipinski definition) is 7. The Morgan fingerprint density at radius 2 is 1.94 bits per heavy atom. The number of aromatic amines is 1. The third kappa shape index (κ3) is 8.49. The largest absolute Gasteiger partial charge is 0.398 e. The Morgan fingerprint density at radius 3 is 2.61 bits per heavy atom. The van der Waals surface area contributed by atoms with Crippen LogP contribution < -0.4 is 16.4 Å². The number of aromatic nitrogens is 3. The van der Waals surface area contributed by atoms with Gasteiger partial charge in [0.25, 0.3) is 5.91 Å². The summed E-state index contributed by atoms with van der Waals surface area (Å²) in [6.07, 6.45) is 10.3. The number of hydrogen-bond donors (Lipinski definition) is 5. The van der Waals surface area contributed by atoms with Gasteiger partial charge in [-0.3, -0.25) is 9.59 Å². The first-order chi connectivity index (χ1) is 16.0. The fraction of sp³-hybridized carbons (Fsp3) is 0.348. The highest BCUT2D eigenvalue weighted by Gasteiger charge is 2.06. The molecular formula is C23H31N7O2S. The monoisotopic (exact) mass is 469 g/mol. The van der Waals surface area contributed by atoms with Crippen molar-refractivity contribution in [3.05, 3.63) is 52.9 Å². The summed E-state index contributed by atoms with van der Waals surface area (Å²) in [5, 5.41) is 14.2. The Balaban J connectivity index is 0.000000357. The molecule has 0 unspecified atom stereocenters. The minimum absolute atomic E-state index is 0.0799. The Kier molecular flexibility index (Phi) is 10.8. The van der Waals surface area contributed by atoms with Crippen molar-refractivity contribution in [2.45, 2.75) is 38.5 Å². The van der Waals surface area contributed by atoms with Crippen molar-refractivity contribution in [2.24, 2.45) is 0 Å². The van der Waals surface area contributed by atoms with Crippen molar-refractivity contribution < 1.29 is 9.59 Å². The molecule has 0 saturated heterocycles. The maximum absolute atomic E-state index is 11.1. The van der Waals surface area contributed by atoms with E-state index in [1.54, 1.807) is 25.7 Å². The van der Waals surface area contributed by atoms with Crippen molar-refractivity contribution in [3.63, 3.8) is 0 Å². The molecule has 0 saturated carbocycles. The van der Waals surface area contributed by atoms with E-state index >= 15 is 0 Å². The molecule has 6 N–H and O–H groups in total. The minimum Gasteiger partial charge on any atom is -0.398 e. The number of unbranched alkanes of at least 4 members (excludes halogenated alkanes) is 3. The van der Waals surface area contributed by atoms with Crippen molar-refractivity contribution in [1.29, 1.82) is 5.41 Å². The third-order valence-corrected chi connectivity index (χ3v) is 5.54. The number of imidazole rings is 1. The second-order valence-electron chi connectivity index (χ2n) is 7.31. The summed E-state index contributed by atoms with van der Waals surface area (Å²) in [4.78, 5) is 29.6. The normalized spacial score (nSPS) is 10.1. The van der Waals surface area contributed by atoms with E-state index in [1.807, 2.05) is 24.4 Å². The molecule has 0 aliphatic carbocycles. The number of carbonyl (C=O) groups excluding carboxylic acids is 2. The number of nitrogens with one attached hydrogen (secondary N) is 4. The Hall–Kier alpha value is -3.53. The van der Waals surface area contributed by atoms with E-state index in [0.717, 1.165) is 49.2 Å². The molecule has 0 atom stereocenters. The number of benzene rings is 1. The number of carbonyl (C=O) groups is 2. The first-order valence-electron chi connectivity index (χ1n) is 10.7. The van der Waals surface area contributed by atoms with E-state index in [4.69, 9.17) is 11.1 Å². The number of nitrogens with two attached hydrogens (primary N) is 1. The summed E-state index contributed by atoms with van der Waals surface area (Å²) < 4.78 is 3.77. The van der Waals surface area contributed by atoms with Gasteiger partial charge in [0.2, 0.25) is 5.91 Å². The van der Waals surface area contributed by atoms with Gasteiger partial charge in [0.05, 0.1) is 23.7 Å². The van der Waals surface area contributed by atoms with Crippen LogP contribution in [-0.4, -0.2) is 46.5 Å². The van der Waals surface area contributed by atoms with Crippen LogP contribution in [0.1, 0.15) is 53.8 Å². The predicted octanol–water partition coefficient (Wildman–Crippen LogP) is 3.40. The zero-order valence-electron chi connectivity index (χ0n) is 19.0. The van der Waals surface area contributed by atoms with E-state index in [1.165, 1.54) is 17.7 Å². The maximum atomic E-state index is 11.1. The number of amides is 2. The van der Waals surface area contributed by atoms with Crippen LogP contribution in [0, 0.1) is 5.41 Å². The van der Waals surface area contributed by atoms with Crippen molar-refractivity contribution in [2.75, 3.05) is 19.8 Å². The molecule has 10 heteroatoms. The molecule has 33 heavy (non-hydrogen) atoms. The lowest BCUT2D eigenvalue weighted by Crippen LogP contribution is -2.16. The smallest absolute Gasteiger partial charge is 0.253 e. The van der Waals surface area contributed by atoms with Crippen LogP contribution in [0.2, 0.25) is 0 Å². The van der Waals surface area contributed by atoms with Gasteiger partial charge < -0.3 is 26.8 Å². The molecule has 0 radical (unpaired) electrons. The quantitative estimate of drug-likeness (QED) is 0.175. The summed E-state index contributed by atoms with van der Waals surface area (Å²) in [5.41, 5.74) is 9.67. The number of aryl methyl sites for hydroxylation is 1. The van der Waals surface area contributed by atoms with Crippen molar-refractivity contribution in [1.82, 2.24) is 25.0 Å². The van der Waals surface area contributed by atoms with E-state index < -0.39 is 0 Å². The Labute approximate surface area is 197 Å². The molecule has 0 spiro atoms. The zero-order valence-corrected chi connectivity index (χ0v) is 19.8. The summed E-state index contributed by atoms with van der Waals surface area (Å²) in [5.74, 6) is 0.992. The molecule has 0 aliphatic heterocycles. The van der Waals surface area contributed by atoms with Crippen LogP contribution in [0.3, 0.4) is 0 Å². The predicted molar refractivity (Wildman–Crippen MR) is 133 cm³/mol. The molecule has 2 heterocycles. The van der Waals surface area contributed by atoms with Crippen LogP contribution in [-0.2, 0) is 11.2 Å². The molecule has 0 aliphatic rings. The second-order valence-corrected chi connectivity index (χ2v) is 7.97.